The molecule has 1 heterocycles. The van der Waals surface area contributed by atoms with E-state index in [1.165, 1.54) is 0 Å². The molecule has 0 unspecified atom stereocenters. The number of nitrogens with zero attached hydrogens (tertiary/aromatic N) is 1. The van der Waals surface area contributed by atoms with Crippen molar-refractivity contribution in [1.29, 1.82) is 0 Å². The molecular weight excluding hydrogens is 262 g/mol. The maximum absolute atomic E-state index is 11.9. The molecule has 2 N–H and O–H groups in total. The number of hydrogen-bond donors (Lipinski definition) is 2. The summed E-state index contributed by atoms with van der Waals surface area (Å²) < 4.78 is 26.3. The lowest BCUT2D eigenvalue weighted by molar-refractivity contribution is 0.597. The van der Waals surface area contributed by atoms with Crippen molar-refractivity contribution in [2.45, 2.75) is 6.42 Å². The van der Waals surface area contributed by atoms with Crippen molar-refractivity contribution < 1.29 is 8.42 Å². The van der Waals surface area contributed by atoms with Crippen LogP contribution in [0.2, 0.25) is 0 Å². The molecule has 1 aromatic heterocycles. The van der Waals surface area contributed by atoms with Crippen molar-refractivity contribution in [2.75, 3.05) is 24.1 Å². The Hall–Kier alpha value is -1.66. The van der Waals surface area contributed by atoms with Crippen LogP contribution in [-0.2, 0) is 10.0 Å². The van der Waals surface area contributed by atoms with Gasteiger partial charge >= 0.3 is 0 Å². The summed E-state index contributed by atoms with van der Waals surface area (Å²) in [5.74, 6) is 0.110. The highest BCUT2D eigenvalue weighted by atomic mass is 32.2. The quantitative estimate of drug-likeness (QED) is 0.788. The predicted molar refractivity (Wildman–Crippen MR) is 77.7 cm³/mol. The lowest BCUT2D eigenvalue weighted by Crippen LogP contribution is -2.20. The number of fused-ring (bicyclic) bond motifs is 1. The molecule has 2 aromatic rings. The molecule has 0 bridgehead atoms. The van der Waals surface area contributed by atoms with E-state index >= 15 is 0 Å². The van der Waals surface area contributed by atoms with Gasteiger partial charge in [-0.25, -0.2) is 8.42 Å². The van der Waals surface area contributed by atoms with Gasteiger partial charge in [-0.3, -0.25) is 9.71 Å². The Kier molecular flexibility index (Phi) is 4.34. The standard InChI is InChI=1S/C13H17N3O2S/c1-14-7-3-9-19(17,18)16-12-5-6-13-11(10-12)4-2-8-15-13/h2,4-6,8,10,14,16H,3,7,9H2,1H3. The zero-order valence-corrected chi connectivity index (χ0v) is 11.6. The summed E-state index contributed by atoms with van der Waals surface area (Å²) in [5.41, 5.74) is 1.42. The molecule has 5 nitrogen and oxygen atoms in total. The van der Waals surface area contributed by atoms with Gasteiger partial charge in [0.25, 0.3) is 0 Å². The fourth-order valence-corrected chi connectivity index (χ4v) is 2.92. The number of pyridine rings is 1. The highest BCUT2D eigenvalue weighted by molar-refractivity contribution is 7.92. The van der Waals surface area contributed by atoms with Crippen molar-refractivity contribution in [2.24, 2.45) is 0 Å². The van der Waals surface area contributed by atoms with E-state index in [1.54, 1.807) is 31.4 Å². The zero-order valence-electron chi connectivity index (χ0n) is 10.8. The van der Waals surface area contributed by atoms with E-state index in [1.807, 2.05) is 12.1 Å². The van der Waals surface area contributed by atoms with Crippen LogP contribution in [0.1, 0.15) is 6.42 Å². The van der Waals surface area contributed by atoms with E-state index in [4.69, 9.17) is 0 Å². The van der Waals surface area contributed by atoms with E-state index in [-0.39, 0.29) is 5.75 Å². The average molecular weight is 279 g/mol. The van der Waals surface area contributed by atoms with Gasteiger partial charge in [0.05, 0.1) is 11.3 Å². The molecule has 6 heteroatoms. The predicted octanol–water partition coefficient (Wildman–Crippen LogP) is 1.59. The van der Waals surface area contributed by atoms with Crippen LogP contribution in [0.5, 0.6) is 0 Å². The second-order valence-corrected chi connectivity index (χ2v) is 6.13. The van der Waals surface area contributed by atoms with E-state index in [0.29, 0.717) is 18.7 Å². The summed E-state index contributed by atoms with van der Waals surface area (Å²) in [5, 5.41) is 3.84. The SMILES string of the molecule is CNCCCS(=O)(=O)Nc1ccc2ncccc2c1. The highest BCUT2D eigenvalue weighted by Gasteiger charge is 2.10. The molecule has 1 aromatic carbocycles. The van der Waals surface area contributed by atoms with Crippen molar-refractivity contribution in [3.63, 3.8) is 0 Å². The summed E-state index contributed by atoms with van der Waals surface area (Å²) in [6.07, 6.45) is 2.30. The molecule has 0 aliphatic heterocycles. The molecule has 0 spiro atoms. The molecule has 0 saturated carbocycles. The third-order valence-corrected chi connectivity index (χ3v) is 4.09. The Morgan fingerprint density at radius 2 is 2.11 bits per heavy atom. The number of aromatic nitrogens is 1. The first-order valence-electron chi connectivity index (χ1n) is 6.10. The highest BCUT2D eigenvalue weighted by Crippen LogP contribution is 2.18. The fourth-order valence-electron chi connectivity index (χ4n) is 1.81. The van der Waals surface area contributed by atoms with Gasteiger partial charge in [-0.15, -0.1) is 0 Å². The first-order chi connectivity index (χ1) is 9.11. The van der Waals surface area contributed by atoms with Gasteiger partial charge < -0.3 is 5.32 Å². The van der Waals surface area contributed by atoms with Crippen LogP contribution in [0.4, 0.5) is 5.69 Å². The minimum absolute atomic E-state index is 0.110. The molecule has 0 saturated heterocycles. The van der Waals surface area contributed by atoms with E-state index in [2.05, 4.69) is 15.0 Å². The van der Waals surface area contributed by atoms with Crippen molar-refractivity contribution in [1.82, 2.24) is 10.3 Å². The van der Waals surface area contributed by atoms with Crippen LogP contribution < -0.4 is 10.0 Å². The minimum atomic E-state index is -3.29. The lowest BCUT2D eigenvalue weighted by Gasteiger charge is -2.08. The molecule has 0 amide bonds. The minimum Gasteiger partial charge on any atom is -0.320 e. The fraction of sp³-hybridized carbons (Fsp3) is 0.308. The maximum Gasteiger partial charge on any atom is 0.232 e. The number of rotatable bonds is 6. The Balaban J connectivity index is 2.12. The van der Waals surface area contributed by atoms with E-state index in [0.717, 1.165) is 10.9 Å². The molecule has 2 rings (SSSR count). The van der Waals surface area contributed by atoms with Gasteiger partial charge in [0.1, 0.15) is 0 Å². The van der Waals surface area contributed by atoms with Crippen LogP contribution in [0.15, 0.2) is 36.5 Å². The third kappa shape index (κ3) is 3.90. The van der Waals surface area contributed by atoms with Gasteiger partial charge in [0, 0.05) is 17.3 Å². The molecule has 0 atom stereocenters. The van der Waals surface area contributed by atoms with Gasteiger partial charge in [-0.1, -0.05) is 6.07 Å². The van der Waals surface area contributed by atoms with Crippen LogP contribution >= 0.6 is 0 Å². The largest absolute Gasteiger partial charge is 0.320 e. The molecule has 0 aliphatic carbocycles. The molecular formula is C13H17N3O2S. The van der Waals surface area contributed by atoms with E-state index in [9.17, 15) is 8.42 Å². The topological polar surface area (TPSA) is 71.1 Å². The summed E-state index contributed by atoms with van der Waals surface area (Å²) in [4.78, 5) is 4.19. The van der Waals surface area contributed by atoms with Gasteiger partial charge in [-0.2, -0.15) is 0 Å². The van der Waals surface area contributed by atoms with Gasteiger partial charge in [0.2, 0.25) is 10.0 Å². The summed E-state index contributed by atoms with van der Waals surface area (Å²) >= 11 is 0. The third-order valence-electron chi connectivity index (χ3n) is 2.72. The smallest absolute Gasteiger partial charge is 0.232 e. The van der Waals surface area contributed by atoms with Crippen LogP contribution in [0, 0.1) is 0 Å². The lowest BCUT2D eigenvalue weighted by atomic mass is 10.2. The summed E-state index contributed by atoms with van der Waals surface area (Å²) in [6, 6.07) is 9.05. The number of anilines is 1. The van der Waals surface area contributed by atoms with Crippen molar-refractivity contribution in [3.05, 3.63) is 36.5 Å². The Bertz CT molecular complexity index is 656. The van der Waals surface area contributed by atoms with Crippen LogP contribution in [0.3, 0.4) is 0 Å². The Labute approximate surface area is 113 Å². The number of nitrogens with one attached hydrogen (secondary N) is 2. The monoisotopic (exact) mass is 279 g/mol. The van der Waals surface area contributed by atoms with Crippen molar-refractivity contribution in [3.8, 4) is 0 Å². The number of benzene rings is 1. The summed E-state index contributed by atoms with van der Waals surface area (Å²) in [7, 11) is -1.48. The van der Waals surface area contributed by atoms with Crippen molar-refractivity contribution >= 4 is 26.6 Å². The first kappa shape index (κ1) is 13.8. The Morgan fingerprint density at radius 1 is 1.26 bits per heavy atom. The van der Waals surface area contributed by atoms with Gasteiger partial charge in [-0.05, 0) is 44.3 Å². The maximum atomic E-state index is 11.9. The first-order valence-corrected chi connectivity index (χ1v) is 7.76. The average Bonchev–Trinajstić information content (AvgIpc) is 2.38. The molecule has 0 fully saturated rings. The molecule has 0 radical (unpaired) electrons. The second kappa shape index (κ2) is 5.99. The van der Waals surface area contributed by atoms with Gasteiger partial charge in [0.15, 0.2) is 0 Å². The number of sulfonamides is 1. The molecule has 102 valence electrons. The summed E-state index contributed by atoms with van der Waals surface area (Å²) in [6.45, 7) is 0.683. The Morgan fingerprint density at radius 3 is 2.89 bits per heavy atom. The van der Waals surface area contributed by atoms with Crippen LogP contribution in [0.25, 0.3) is 10.9 Å². The molecule has 0 aliphatic rings. The normalized spacial score (nSPS) is 11.6. The second-order valence-electron chi connectivity index (χ2n) is 4.29. The molecule has 19 heavy (non-hydrogen) atoms. The number of hydrogen-bond acceptors (Lipinski definition) is 4. The van der Waals surface area contributed by atoms with E-state index < -0.39 is 10.0 Å². The van der Waals surface area contributed by atoms with Crippen LogP contribution in [-0.4, -0.2) is 32.7 Å². The zero-order chi connectivity index (χ0) is 13.7.